The molecule has 1 aromatic rings. The number of benzene rings is 1. The molecule has 3 nitrogen and oxygen atoms in total. The molecule has 0 atom stereocenters. The number of hydrogen-bond acceptors (Lipinski definition) is 2. The van der Waals surface area contributed by atoms with Gasteiger partial charge in [0.2, 0.25) is 0 Å². The van der Waals surface area contributed by atoms with E-state index in [1.165, 1.54) is 95.5 Å². The van der Waals surface area contributed by atoms with Gasteiger partial charge in [0.15, 0.2) is 0 Å². The second-order valence-electron chi connectivity index (χ2n) is 8.81. The molecule has 0 bridgehead atoms. The lowest BCUT2D eigenvalue weighted by atomic mass is 10.1. The fraction of sp³-hybridized carbons (Fsp3) is 0.679. The molecule has 0 heterocycles. The average molecular weight is 430 g/mol. The maximum Gasteiger partial charge on any atom is 0.303 e. The minimum Gasteiger partial charge on any atom is -0.481 e. The van der Waals surface area contributed by atoms with Crippen molar-refractivity contribution in [1.29, 1.82) is 0 Å². The van der Waals surface area contributed by atoms with E-state index in [2.05, 4.69) is 48.7 Å². The lowest BCUT2D eigenvalue weighted by molar-refractivity contribution is -0.137. The molecule has 0 spiro atoms. The van der Waals surface area contributed by atoms with Gasteiger partial charge in [-0.15, -0.1) is 0 Å². The highest BCUT2D eigenvalue weighted by Gasteiger charge is 1.99. The van der Waals surface area contributed by atoms with Crippen LogP contribution < -0.4 is 5.32 Å². The van der Waals surface area contributed by atoms with Crippen LogP contribution >= 0.6 is 0 Å². The van der Waals surface area contributed by atoms with Gasteiger partial charge in [-0.3, -0.25) is 4.79 Å². The van der Waals surface area contributed by atoms with Gasteiger partial charge in [0.1, 0.15) is 0 Å². The predicted molar refractivity (Wildman–Crippen MR) is 135 cm³/mol. The molecule has 0 radical (unpaired) electrons. The molecule has 0 saturated heterocycles. The zero-order chi connectivity index (χ0) is 22.4. The molecule has 0 amide bonds. The maximum atomic E-state index is 10.6. The van der Waals surface area contributed by atoms with Crippen molar-refractivity contribution in [1.82, 2.24) is 0 Å². The van der Waals surface area contributed by atoms with Crippen LogP contribution in [0.4, 0.5) is 5.69 Å². The Labute approximate surface area is 191 Å². The Balaban J connectivity index is 1.87. The molecular formula is C28H47NO2. The summed E-state index contributed by atoms with van der Waals surface area (Å²) in [5.41, 5.74) is 2.37. The van der Waals surface area contributed by atoms with E-state index in [-0.39, 0.29) is 6.42 Å². The average Bonchev–Trinajstić information content (AvgIpc) is 2.76. The lowest BCUT2D eigenvalue weighted by Gasteiger charge is -2.07. The van der Waals surface area contributed by atoms with Gasteiger partial charge in [0.05, 0.1) is 0 Å². The summed E-state index contributed by atoms with van der Waals surface area (Å²) in [4.78, 5) is 10.6. The quantitative estimate of drug-likeness (QED) is 0.152. The minimum atomic E-state index is -0.714. The van der Waals surface area contributed by atoms with Crippen LogP contribution in [-0.2, 0) is 11.2 Å². The first-order valence-electron chi connectivity index (χ1n) is 12.9. The Morgan fingerprint density at radius 2 is 1.32 bits per heavy atom. The zero-order valence-corrected chi connectivity index (χ0v) is 20.0. The summed E-state index contributed by atoms with van der Waals surface area (Å²) in [5, 5.41) is 12.2. The number of anilines is 1. The summed E-state index contributed by atoms with van der Waals surface area (Å²) < 4.78 is 0. The fourth-order valence-electron chi connectivity index (χ4n) is 3.84. The summed E-state index contributed by atoms with van der Waals surface area (Å²) in [5.74, 6) is -0.714. The number of unbranched alkanes of at least 4 members (excludes halogenated alkanes) is 12. The van der Waals surface area contributed by atoms with Crippen LogP contribution in [0.2, 0.25) is 0 Å². The van der Waals surface area contributed by atoms with Crippen LogP contribution in [0.3, 0.4) is 0 Å². The smallest absolute Gasteiger partial charge is 0.303 e. The number of carbonyl (C=O) groups is 1. The first-order valence-corrected chi connectivity index (χ1v) is 12.9. The molecule has 0 fully saturated rings. The van der Waals surface area contributed by atoms with Crippen LogP contribution in [0, 0.1) is 0 Å². The molecular weight excluding hydrogens is 382 g/mol. The van der Waals surface area contributed by atoms with Crippen LogP contribution in [-0.4, -0.2) is 17.6 Å². The van der Waals surface area contributed by atoms with Crippen LogP contribution in [0.1, 0.15) is 115 Å². The summed E-state index contributed by atoms with van der Waals surface area (Å²) in [6.45, 7) is 3.30. The van der Waals surface area contributed by atoms with Gasteiger partial charge in [-0.05, 0) is 62.6 Å². The van der Waals surface area contributed by atoms with Crippen molar-refractivity contribution < 1.29 is 9.90 Å². The van der Waals surface area contributed by atoms with Crippen molar-refractivity contribution in [2.24, 2.45) is 0 Å². The Morgan fingerprint density at radius 1 is 0.774 bits per heavy atom. The SMILES string of the molecule is CCCCCCCCC=CCCCCCCCCNc1ccc(CCCC(=O)O)cc1. The monoisotopic (exact) mass is 429 g/mol. The molecule has 1 rings (SSSR count). The molecule has 2 N–H and O–H groups in total. The summed E-state index contributed by atoms with van der Waals surface area (Å²) in [6.07, 6.45) is 25.4. The van der Waals surface area contributed by atoms with Gasteiger partial charge in [0.25, 0.3) is 0 Å². The number of aryl methyl sites for hydroxylation is 1. The van der Waals surface area contributed by atoms with E-state index in [4.69, 9.17) is 5.11 Å². The molecule has 3 heteroatoms. The maximum absolute atomic E-state index is 10.6. The van der Waals surface area contributed by atoms with E-state index < -0.39 is 5.97 Å². The van der Waals surface area contributed by atoms with E-state index in [1.54, 1.807) is 0 Å². The zero-order valence-electron chi connectivity index (χ0n) is 20.0. The molecule has 1 aromatic carbocycles. The van der Waals surface area contributed by atoms with Crippen molar-refractivity contribution in [3.63, 3.8) is 0 Å². The van der Waals surface area contributed by atoms with Crippen molar-refractivity contribution in [2.75, 3.05) is 11.9 Å². The van der Waals surface area contributed by atoms with Crippen molar-refractivity contribution in [2.45, 2.75) is 116 Å². The third-order valence-electron chi connectivity index (χ3n) is 5.83. The molecule has 0 aliphatic carbocycles. The number of rotatable bonds is 21. The number of carboxylic acid groups (broad SMARTS) is 1. The Bertz CT molecular complexity index is 565. The Morgan fingerprint density at radius 3 is 1.90 bits per heavy atom. The fourth-order valence-corrected chi connectivity index (χ4v) is 3.84. The lowest BCUT2D eigenvalue weighted by Crippen LogP contribution is -2.01. The summed E-state index contributed by atoms with van der Waals surface area (Å²) in [7, 11) is 0. The summed E-state index contributed by atoms with van der Waals surface area (Å²) >= 11 is 0. The molecule has 0 aliphatic rings. The number of allylic oxidation sites excluding steroid dienone is 2. The Hall–Kier alpha value is -1.77. The molecule has 0 aromatic heterocycles. The topological polar surface area (TPSA) is 49.3 Å². The van der Waals surface area contributed by atoms with Gasteiger partial charge in [-0.1, -0.05) is 89.0 Å². The number of carboxylic acids is 1. The van der Waals surface area contributed by atoms with Gasteiger partial charge >= 0.3 is 5.97 Å². The molecule has 31 heavy (non-hydrogen) atoms. The summed E-state index contributed by atoms with van der Waals surface area (Å²) in [6, 6.07) is 8.42. The normalized spacial score (nSPS) is 11.3. The predicted octanol–water partition coefficient (Wildman–Crippen LogP) is 8.54. The van der Waals surface area contributed by atoms with E-state index in [0.29, 0.717) is 6.42 Å². The van der Waals surface area contributed by atoms with Crippen molar-refractivity contribution >= 4 is 11.7 Å². The number of aliphatic carboxylic acids is 1. The third kappa shape index (κ3) is 17.6. The van der Waals surface area contributed by atoms with Crippen LogP contribution in [0.15, 0.2) is 36.4 Å². The van der Waals surface area contributed by atoms with Gasteiger partial charge in [-0.2, -0.15) is 0 Å². The molecule has 0 saturated carbocycles. The van der Waals surface area contributed by atoms with Crippen LogP contribution in [0.25, 0.3) is 0 Å². The third-order valence-corrected chi connectivity index (χ3v) is 5.83. The molecule has 0 aliphatic heterocycles. The highest BCUT2D eigenvalue weighted by molar-refractivity contribution is 5.66. The largest absolute Gasteiger partial charge is 0.481 e. The van der Waals surface area contributed by atoms with Gasteiger partial charge < -0.3 is 10.4 Å². The van der Waals surface area contributed by atoms with E-state index >= 15 is 0 Å². The Kier molecular flexibility index (Phi) is 17.7. The highest BCUT2D eigenvalue weighted by Crippen LogP contribution is 2.13. The van der Waals surface area contributed by atoms with E-state index in [9.17, 15) is 4.79 Å². The second kappa shape index (κ2) is 20.2. The second-order valence-corrected chi connectivity index (χ2v) is 8.81. The van der Waals surface area contributed by atoms with E-state index in [1.807, 2.05) is 0 Å². The highest BCUT2D eigenvalue weighted by atomic mass is 16.4. The molecule has 0 unspecified atom stereocenters. The number of hydrogen-bond donors (Lipinski definition) is 2. The van der Waals surface area contributed by atoms with Gasteiger partial charge in [-0.25, -0.2) is 0 Å². The van der Waals surface area contributed by atoms with E-state index in [0.717, 1.165) is 18.7 Å². The minimum absolute atomic E-state index is 0.246. The first kappa shape index (κ1) is 27.3. The first-order chi connectivity index (χ1) is 15.2. The van der Waals surface area contributed by atoms with Crippen molar-refractivity contribution in [3.05, 3.63) is 42.0 Å². The molecule has 176 valence electrons. The van der Waals surface area contributed by atoms with Gasteiger partial charge in [0, 0.05) is 18.7 Å². The van der Waals surface area contributed by atoms with Crippen molar-refractivity contribution in [3.8, 4) is 0 Å². The standard InChI is InChI=1S/C28H47NO2/c1-2-3-4-5-6-7-8-9-10-11-12-13-14-15-16-17-25-29-27-23-21-26(22-24-27)19-18-20-28(30)31/h9-10,21-24,29H,2-8,11-20,25H2,1H3,(H,30,31). The van der Waals surface area contributed by atoms with Crippen LogP contribution in [0.5, 0.6) is 0 Å². The number of nitrogens with one attached hydrogen (secondary N) is 1.